The normalized spacial score (nSPS) is 16.5. The third-order valence-corrected chi connectivity index (χ3v) is 5.48. The fourth-order valence-electron chi connectivity index (χ4n) is 2.61. The van der Waals surface area contributed by atoms with E-state index < -0.39 is 31.7 Å². The van der Waals surface area contributed by atoms with Crippen molar-refractivity contribution in [2.45, 2.75) is 24.8 Å². The van der Waals surface area contributed by atoms with E-state index in [4.69, 9.17) is 4.74 Å². The lowest BCUT2D eigenvalue weighted by Gasteiger charge is -2.12. The first-order valence-corrected chi connectivity index (χ1v) is 8.64. The molecule has 0 unspecified atom stereocenters. The molecule has 1 aliphatic rings. The van der Waals surface area contributed by atoms with Crippen molar-refractivity contribution in [2.24, 2.45) is 0 Å². The number of nitrogens with one attached hydrogen (secondary N) is 1. The molecule has 2 heterocycles. The first kappa shape index (κ1) is 16.3. The van der Waals surface area contributed by atoms with Gasteiger partial charge < -0.3 is 14.9 Å². The molecule has 24 heavy (non-hydrogen) atoms. The fraction of sp³-hybridized carbons (Fsp3) is 0.267. The van der Waals surface area contributed by atoms with Crippen LogP contribution in [-0.4, -0.2) is 24.9 Å². The van der Waals surface area contributed by atoms with Gasteiger partial charge >= 0.3 is 5.82 Å². The van der Waals surface area contributed by atoms with Crippen LogP contribution in [0.15, 0.2) is 35.4 Å². The van der Waals surface area contributed by atoms with Gasteiger partial charge in [-0.2, -0.15) is 4.72 Å². The second-order valence-electron chi connectivity index (χ2n) is 5.49. The molecule has 2 aromatic rings. The van der Waals surface area contributed by atoms with E-state index in [2.05, 4.69) is 9.71 Å². The Morgan fingerprint density at radius 1 is 1.33 bits per heavy atom. The summed E-state index contributed by atoms with van der Waals surface area (Å²) in [4.78, 5) is 13.3. The third-order valence-electron chi connectivity index (χ3n) is 3.99. The number of hydrogen-bond acceptors (Lipinski definition) is 6. The van der Waals surface area contributed by atoms with Crippen molar-refractivity contribution < 1.29 is 18.1 Å². The summed E-state index contributed by atoms with van der Waals surface area (Å²) in [5.41, 5.74) is 2.70. The molecule has 0 aliphatic carbocycles. The molecule has 0 saturated heterocycles. The van der Waals surface area contributed by atoms with E-state index in [9.17, 15) is 18.5 Å². The van der Waals surface area contributed by atoms with Crippen LogP contribution >= 0.6 is 0 Å². The number of nitro groups is 1. The van der Waals surface area contributed by atoms with Gasteiger partial charge in [0, 0.05) is 5.56 Å². The molecule has 9 heteroatoms. The molecular weight excluding hydrogens is 334 g/mol. The van der Waals surface area contributed by atoms with Crippen LogP contribution in [0.2, 0.25) is 0 Å². The Balaban J connectivity index is 1.97. The highest BCUT2D eigenvalue weighted by Gasteiger charge is 2.33. The minimum atomic E-state index is -4.12. The van der Waals surface area contributed by atoms with E-state index in [-0.39, 0.29) is 6.61 Å². The Morgan fingerprint density at radius 3 is 2.79 bits per heavy atom. The summed E-state index contributed by atoms with van der Waals surface area (Å²) in [5.74, 6) is -0.0485. The molecule has 1 aromatic carbocycles. The summed E-state index contributed by atoms with van der Waals surface area (Å²) >= 11 is 0. The summed E-state index contributed by atoms with van der Waals surface area (Å²) in [6, 6.07) is 5.58. The van der Waals surface area contributed by atoms with Crippen LogP contribution < -0.4 is 9.46 Å². The van der Waals surface area contributed by atoms with E-state index in [0.29, 0.717) is 11.3 Å². The predicted molar refractivity (Wildman–Crippen MR) is 85.4 cm³/mol. The number of hydrogen-bond donors (Lipinski definition) is 1. The molecule has 3 rings (SSSR count). The second-order valence-corrected chi connectivity index (χ2v) is 7.18. The largest absolute Gasteiger partial charge is 0.491 e. The second kappa shape index (κ2) is 5.84. The molecule has 0 bridgehead atoms. The van der Waals surface area contributed by atoms with Gasteiger partial charge in [0.15, 0.2) is 4.90 Å². The van der Waals surface area contributed by atoms with Crippen molar-refractivity contribution in [1.82, 2.24) is 9.71 Å². The van der Waals surface area contributed by atoms with Crippen molar-refractivity contribution in [3.05, 3.63) is 57.3 Å². The Morgan fingerprint density at radius 2 is 2.08 bits per heavy atom. The van der Waals surface area contributed by atoms with Gasteiger partial charge in [0.25, 0.3) is 0 Å². The average Bonchev–Trinajstić information content (AvgIpc) is 2.94. The molecule has 1 N–H and O–H groups in total. The number of pyridine rings is 1. The third kappa shape index (κ3) is 2.72. The highest BCUT2D eigenvalue weighted by Crippen LogP contribution is 2.37. The van der Waals surface area contributed by atoms with Crippen LogP contribution in [-0.2, 0) is 10.0 Å². The Bertz CT molecular complexity index is 927. The maximum atomic E-state index is 12.6. The standard InChI is InChI=1S/C15H15N3O5S/c1-9-5-6-11-12(8-23-14(11)10(9)2)17-24(21,22)13-4-3-7-16-15(13)18(19)20/h3-7,12,17H,8H2,1-2H3/t12-/m1/s1. The quantitative estimate of drug-likeness (QED) is 0.667. The number of rotatable bonds is 4. The van der Waals surface area contributed by atoms with Crippen molar-refractivity contribution in [3.8, 4) is 5.75 Å². The van der Waals surface area contributed by atoms with Crippen molar-refractivity contribution in [3.63, 3.8) is 0 Å². The lowest BCUT2D eigenvalue weighted by Crippen LogP contribution is -2.30. The van der Waals surface area contributed by atoms with Gasteiger partial charge in [-0.25, -0.2) is 8.42 Å². The van der Waals surface area contributed by atoms with Gasteiger partial charge in [-0.1, -0.05) is 12.1 Å². The Labute approximate surface area is 138 Å². The molecule has 1 aliphatic heterocycles. The highest BCUT2D eigenvalue weighted by molar-refractivity contribution is 7.89. The maximum Gasteiger partial charge on any atom is 0.383 e. The molecule has 126 valence electrons. The van der Waals surface area contributed by atoms with Crippen LogP contribution in [0.4, 0.5) is 5.82 Å². The first-order valence-electron chi connectivity index (χ1n) is 7.16. The molecular formula is C15H15N3O5S. The molecule has 0 radical (unpaired) electrons. The highest BCUT2D eigenvalue weighted by atomic mass is 32.2. The summed E-state index contributed by atoms with van der Waals surface area (Å²) in [5, 5.41) is 11.0. The van der Waals surface area contributed by atoms with Crippen LogP contribution in [0.1, 0.15) is 22.7 Å². The van der Waals surface area contributed by atoms with E-state index in [0.717, 1.165) is 17.2 Å². The van der Waals surface area contributed by atoms with Gasteiger partial charge in [0.2, 0.25) is 10.0 Å². The van der Waals surface area contributed by atoms with Crippen LogP contribution in [0.5, 0.6) is 5.75 Å². The van der Waals surface area contributed by atoms with Gasteiger partial charge in [0.1, 0.15) is 18.6 Å². The monoisotopic (exact) mass is 349 g/mol. The topological polar surface area (TPSA) is 111 Å². The number of sulfonamides is 1. The van der Waals surface area contributed by atoms with Gasteiger partial charge in [-0.15, -0.1) is 0 Å². The van der Waals surface area contributed by atoms with Crippen molar-refractivity contribution >= 4 is 15.8 Å². The number of ether oxygens (including phenoxy) is 1. The number of aromatic nitrogens is 1. The van der Waals surface area contributed by atoms with Crippen LogP contribution in [0.3, 0.4) is 0 Å². The molecule has 1 aromatic heterocycles. The van der Waals surface area contributed by atoms with E-state index in [1.807, 2.05) is 19.9 Å². The zero-order valence-corrected chi connectivity index (χ0v) is 13.8. The fourth-order valence-corrected chi connectivity index (χ4v) is 3.93. The van der Waals surface area contributed by atoms with Crippen molar-refractivity contribution in [1.29, 1.82) is 0 Å². The molecule has 0 spiro atoms. The van der Waals surface area contributed by atoms with E-state index in [1.54, 1.807) is 6.07 Å². The van der Waals surface area contributed by atoms with Gasteiger partial charge in [0.05, 0.1) is 6.04 Å². The zero-order chi connectivity index (χ0) is 17.5. The molecule has 0 fully saturated rings. The Kier molecular flexibility index (Phi) is 3.98. The number of aryl methyl sites for hydroxylation is 1. The molecule has 0 amide bonds. The van der Waals surface area contributed by atoms with Gasteiger partial charge in [-0.05, 0) is 47.0 Å². The molecule has 1 atom stereocenters. The summed E-state index contributed by atoms with van der Waals surface area (Å²) < 4.78 is 33.2. The zero-order valence-electron chi connectivity index (χ0n) is 13.0. The SMILES string of the molecule is Cc1ccc2c(c1C)OC[C@H]2NS(=O)(=O)c1cccnc1[N+](=O)[O-]. The average molecular weight is 349 g/mol. The number of fused-ring (bicyclic) bond motifs is 1. The lowest BCUT2D eigenvalue weighted by atomic mass is 10.0. The lowest BCUT2D eigenvalue weighted by molar-refractivity contribution is -0.392. The summed E-state index contributed by atoms with van der Waals surface area (Å²) in [6.07, 6.45) is 1.18. The van der Waals surface area contributed by atoms with Gasteiger partial charge in [-0.3, -0.25) is 0 Å². The minimum absolute atomic E-state index is 0.132. The first-order chi connectivity index (χ1) is 11.3. The Hall–Kier alpha value is -2.52. The van der Waals surface area contributed by atoms with Crippen LogP contribution in [0.25, 0.3) is 0 Å². The van der Waals surface area contributed by atoms with Crippen molar-refractivity contribution in [2.75, 3.05) is 6.61 Å². The maximum absolute atomic E-state index is 12.6. The predicted octanol–water partition coefficient (Wildman–Crippen LogP) is 2.02. The molecule has 0 saturated carbocycles. The van der Waals surface area contributed by atoms with Crippen LogP contribution in [0, 0.1) is 24.0 Å². The van der Waals surface area contributed by atoms with E-state index >= 15 is 0 Å². The van der Waals surface area contributed by atoms with E-state index in [1.165, 1.54) is 12.3 Å². The number of nitrogens with zero attached hydrogens (tertiary/aromatic N) is 2. The summed E-state index contributed by atoms with van der Waals surface area (Å²) in [7, 11) is -4.12. The smallest absolute Gasteiger partial charge is 0.383 e. The molecule has 8 nitrogen and oxygen atoms in total. The minimum Gasteiger partial charge on any atom is -0.491 e. The summed E-state index contributed by atoms with van der Waals surface area (Å²) in [6.45, 7) is 3.97. The number of benzene rings is 1.